The Morgan fingerprint density at radius 2 is 1.70 bits per heavy atom. The molecule has 1 aliphatic heterocycles. The largest absolute Gasteiger partial charge is 0.491 e. The molecule has 1 aliphatic rings. The lowest BCUT2D eigenvalue weighted by molar-refractivity contribution is -0.671. The van der Waals surface area contributed by atoms with Gasteiger partial charge in [0.05, 0.1) is 29.8 Å². The fourth-order valence-electron chi connectivity index (χ4n) is 4.83. The smallest absolute Gasteiger partial charge is 0.335 e. The van der Waals surface area contributed by atoms with E-state index in [1.165, 1.54) is 11.0 Å². The van der Waals surface area contributed by atoms with Crippen molar-refractivity contribution in [2.75, 3.05) is 13.2 Å². The number of rotatable bonds is 9. The van der Waals surface area contributed by atoms with Crippen molar-refractivity contribution in [1.29, 1.82) is 0 Å². The van der Waals surface area contributed by atoms with Crippen molar-refractivity contribution in [3.8, 4) is 5.75 Å². The van der Waals surface area contributed by atoms with E-state index in [-0.39, 0.29) is 37.1 Å². The number of carbonyl (C=O) groups excluding carboxylic acids is 2. The highest BCUT2D eigenvalue weighted by molar-refractivity contribution is 6.21. The number of imide groups is 1. The number of benzene rings is 3. The van der Waals surface area contributed by atoms with Crippen LogP contribution in [-0.2, 0) is 19.6 Å². The van der Waals surface area contributed by atoms with Crippen LogP contribution >= 0.6 is 0 Å². The molecule has 9 nitrogen and oxygen atoms in total. The van der Waals surface area contributed by atoms with Crippen molar-refractivity contribution in [3.05, 3.63) is 94.8 Å². The van der Waals surface area contributed by atoms with Crippen LogP contribution in [0.4, 0.5) is 0 Å². The van der Waals surface area contributed by atoms with E-state index in [0.717, 1.165) is 16.6 Å². The van der Waals surface area contributed by atoms with Gasteiger partial charge in [-0.25, -0.2) is 13.9 Å². The molecule has 188 valence electrons. The predicted octanol–water partition coefficient (Wildman–Crippen LogP) is 2.86. The standard InChI is InChI=1S/C28H25N3O6/c1-2-29-24-15-20(37-13-12-32)10-11-23(24)30(16-18-6-5-7-19(14-18)28(35)36)25(29)17-31-26(33)21-8-3-4-9-22(21)27(31)34/h3-11,14-15,32H,2,12-13,16-17H2,1H3/p+1. The Hall–Kier alpha value is -4.50. The predicted molar refractivity (Wildman–Crippen MR) is 134 cm³/mol. The van der Waals surface area contributed by atoms with E-state index in [2.05, 4.69) is 0 Å². The summed E-state index contributed by atoms with van der Waals surface area (Å²) in [5, 5.41) is 18.6. The molecule has 0 bridgehead atoms. The lowest BCUT2D eigenvalue weighted by atomic mass is 10.1. The minimum absolute atomic E-state index is 0.0420. The van der Waals surface area contributed by atoms with Gasteiger partial charge in [0, 0.05) is 6.07 Å². The van der Waals surface area contributed by atoms with E-state index >= 15 is 0 Å². The van der Waals surface area contributed by atoms with E-state index in [4.69, 9.17) is 9.84 Å². The lowest BCUT2D eigenvalue weighted by Crippen LogP contribution is -2.43. The second-order valence-electron chi connectivity index (χ2n) is 8.72. The van der Waals surface area contributed by atoms with Crippen LogP contribution < -0.4 is 9.30 Å². The summed E-state index contributed by atoms with van der Waals surface area (Å²) in [6.07, 6.45) is 0. The van der Waals surface area contributed by atoms with Gasteiger partial charge in [-0.05, 0) is 48.9 Å². The summed E-state index contributed by atoms with van der Waals surface area (Å²) in [7, 11) is 0. The second-order valence-corrected chi connectivity index (χ2v) is 8.72. The van der Waals surface area contributed by atoms with Crippen LogP contribution in [0.2, 0.25) is 0 Å². The molecule has 9 heteroatoms. The molecular weight excluding hydrogens is 474 g/mol. The molecule has 4 aromatic rings. The van der Waals surface area contributed by atoms with Gasteiger partial charge in [0.15, 0.2) is 11.0 Å². The van der Waals surface area contributed by atoms with Gasteiger partial charge < -0.3 is 14.9 Å². The molecule has 2 heterocycles. The molecule has 0 atom stereocenters. The van der Waals surface area contributed by atoms with Crippen LogP contribution in [-0.4, -0.2) is 50.7 Å². The Labute approximate surface area is 212 Å². The van der Waals surface area contributed by atoms with Crippen LogP contribution in [0.1, 0.15) is 49.4 Å². The number of aliphatic hydroxyl groups is 1. The Bertz CT molecular complexity index is 1510. The first-order valence-electron chi connectivity index (χ1n) is 12.0. The van der Waals surface area contributed by atoms with Gasteiger partial charge in [0.1, 0.15) is 25.4 Å². The van der Waals surface area contributed by atoms with Gasteiger partial charge in [-0.3, -0.25) is 14.5 Å². The highest BCUT2D eigenvalue weighted by atomic mass is 16.5. The Kier molecular flexibility index (Phi) is 6.45. The topological polar surface area (TPSA) is 113 Å². The number of imidazole rings is 1. The molecule has 3 aromatic carbocycles. The van der Waals surface area contributed by atoms with Crippen LogP contribution in [0.3, 0.4) is 0 Å². The Morgan fingerprint density at radius 3 is 2.35 bits per heavy atom. The number of aromatic nitrogens is 2. The normalized spacial score (nSPS) is 12.9. The monoisotopic (exact) mass is 500 g/mol. The number of fused-ring (bicyclic) bond motifs is 2. The summed E-state index contributed by atoms with van der Waals surface area (Å²) < 4.78 is 9.64. The van der Waals surface area contributed by atoms with Crippen LogP contribution in [0, 0.1) is 0 Å². The van der Waals surface area contributed by atoms with E-state index in [1.807, 2.05) is 34.3 Å². The fourth-order valence-corrected chi connectivity index (χ4v) is 4.83. The minimum atomic E-state index is -1.01. The summed E-state index contributed by atoms with van der Waals surface area (Å²) in [6.45, 7) is 2.95. The van der Waals surface area contributed by atoms with E-state index < -0.39 is 5.97 Å². The number of amides is 2. The van der Waals surface area contributed by atoms with Crippen LogP contribution in [0.15, 0.2) is 66.7 Å². The maximum absolute atomic E-state index is 13.2. The molecule has 37 heavy (non-hydrogen) atoms. The zero-order chi connectivity index (χ0) is 26.1. The highest BCUT2D eigenvalue weighted by Gasteiger charge is 2.38. The summed E-state index contributed by atoms with van der Waals surface area (Å²) >= 11 is 0. The summed E-state index contributed by atoms with van der Waals surface area (Å²) in [5.74, 6) is -0.410. The zero-order valence-corrected chi connectivity index (χ0v) is 20.3. The highest BCUT2D eigenvalue weighted by Crippen LogP contribution is 2.27. The molecule has 1 aromatic heterocycles. The summed E-state index contributed by atoms with van der Waals surface area (Å²) in [5.41, 5.74) is 3.38. The molecule has 0 saturated carbocycles. The molecule has 5 rings (SSSR count). The number of carboxylic acid groups (broad SMARTS) is 1. The number of nitrogens with zero attached hydrogens (tertiary/aromatic N) is 3. The first-order chi connectivity index (χ1) is 17.9. The molecular formula is C28H26N3O6+. The first kappa shape index (κ1) is 24.2. The summed E-state index contributed by atoms with van der Waals surface area (Å²) in [4.78, 5) is 39.1. The second kappa shape index (κ2) is 9.87. The Balaban J connectivity index is 1.63. The third-order valence-electron chi connectivity index (χ3n) is 6.52. The van der Waals surface area contributed by atoms with Gasteiger partial charge in [-0.2, -0.15) is 0 Å². The van der Waals surface area contributed by atoms with E-state index in [9.17, 15) is 19.5 Å². The van der Waals surface area contributed by atoms with Gasteiger partial charge in [-0.15, -0.1) is 0 Å². The lowest BCUT2D eigenvalue weighted by Gasteiger charge is -2.13. The van der Waals surface area contributed by atoms with Gasteiger partial charge in [0.2, 0.25) is 0 Å². The third kappa shape index (κ3) is 4.34. The van der Waals surface area contributed by atoms with Crippen molar-refractivity contribution in [2.24, 2.45) is 0 Å². The average molecular weight is 501 g/mol. The van der Waals surface area contributed by atoms with Crippen molar-refractivity contribution >= 4 is 28.8 Å². The van der Waals surface area contributed by atoms with Gasteiger partial charge in [0.25, 0.3) is 17.6 Å². The van der Waals surface area contributed by atoms with Crippen molar-refractivity contribution in [1.82, 2.24) is 9.47 Å². The van der Waals surface area contributed by atoms with Crippen molar-refractivity contribution in [3.63, 3.8) is 0 Å². The summed E-state index contributed by atoms with van der Waals surface area (Å²) in [6, 6.07) is 19.0. The minimum Gasteiger partial charge on any atom is -0.491 e. The molecule has 2 N–H and O–H groups in total. The number of aryl methyl sites for hydroxylation is 1. The number of ether oxygens (including phenoxy) is 1. The van der Waals surface area contributed by atoms with Gasteiger partial charge in [-0.1, -0.05) is 24.3 Å². The number of aromatic carboxylic acids is 1. The molecule has 0 saturated heterocycles. The maximum Gasteiger partial charge on any atom is 0.335 e. The van der Waals surface area contributed by atoms with E-state index in [1.54, 1.807) is 42.5 Å². The number of hydrogen-bond acceptors (Lipinski definition) is 5. The number of aliphatic hydroxyl groups excluding tert-OH is 1. The average Bonchev–Trinajstić information content (AvgIpc) is 3.33. The molecule has 0 spiro atoms. The fraction of sp³-hybridized carbons (Fsp3) is 0.214. The quantitative estimate of drug-likeness (QED) is 0.270. The number of carbonyl (C=O) groups is 3. The molecule has 0 fully saturated rings. The number of carboxylic acids is 1. The maximum atomic E-state index is 13.2. The molecule has 2 amide bonds. The van der Waals surface area contributed by atoms with Crippen molar-refractivity contribution in [2.45, 2.75) is 26.6 Å². The zero-order valence-electron chi connectivity index (χ0n) is 20.3. The van der Waals surface area contributed by atoms with Crippen LogP contribution in [0.25, 0.3) is 11.0 Å². The van der Waals surface area contributed by atoms with Crippen molar-refractivity contribution < 1.29 is 33.9 Å². The molecule has 0 aliphatic carbocycles. The molecule has 0 radical (unpaired) electrons. The first-order valence-corrected chi connectivity index (χ1v) is 12.0. The third-order valence-corrected chi connectivity index (χ3v) is 6.52. The van der Waals surface area contributed by atoms with E-state index in [0.29, 0.717) is 35.8 Å². The van der Waals surface area contributed by atoms with Crippen LogP contribution in [0.5, 0.6) is 5.75 Å². The van der Waals surface area contributed by atoms with Gasteiger partial charge >= 0.3 is 5.97 Å². The SMILES string of the molecule is CCn1c(CN2C(=O)c3ccccc3C2=O)[n+](Cc2cccc(C(=O)O)c2)c2ccc(OCCO)cc21. The molecule has 0 unspecified atom stereocenters. The Morgan fingerprint density at radius 1 is 0.973 bits per heavy atom. The number of hydrogen-bond donors (Lipinski definition) is 2.